The van der Waals surface area contributed by atoms with E-state index in [-0.39, 0.29) is 18.3 Å². The zero-order valence-electron chi connectivity index (χ0n) is 12.5. The highest BCUT2D eigenvalue weighted by molar-refractivity contribution is 6.03. The number of hydrogen-bond donors (Lipinski definition) is 2. The first-order chi connectivity index (χ1) is 10.2. The van der Waals surface area contributed by atoms with Gasteiger partial charge in [0, 0.05) is 18.8 Å². The number of amides is 1. The quantitative estimate of drug-likeness (QED) is 0.836. The molecule has 1 aliphatic heterocycles. The molecule has 0 saturated carbocycles. The largest absolute Gasteiger partial charge is 0.398 e. The van der Waals surface area contributed by atoms with Gasteiger partial charge >= 0.3 is 0 Å². The highest BCUT2D eigenvalue weighted by atomic mass is 35.5. The minimum absolute atomic E-state index is 0. The molecule has 0 atom stereocenters. The molecular formula is C17H22ClN3O. The van der Waals surface area contributed by atoms with Gasteiger partial charge in [0.15, 0.2) is 0 Å². The Morgan fingerprint density at radius 3 is 2.32 bits per heavy atom. The highest BCUT2D eigenvalue weighted by Gasteiger charge is 2.24. The fraction of sp³-hybridized carbons (Fsp3) is 0.353. The van der Waals surface area contributed by atoms with E-state index in [0.717, 1.165) is 36.7 Å². The smallest absolute Gasteiger partial charge is 0.255 e. The van der Waals surface area contributed by atoms with E-state index in [1.807, 2.05) is 41.3 Å². The van der Waals surface area contributed by atoms with Crippen LogP contribution in [-0.4, -0.2) is 30.4 Å². The van der Waals surface area contributed by atoms with Gasteiger partial charge in [0.1, 0.15) is 0 Å². The Morgan fingerprint density at radius 2 is 1.73 bits per heavy atom. The van der Waals surface area contributed by atoms with Crippen LogP contribution in [0.3, 0.4) is 0 Å². The van der Waals surface area contributed by atoms with Crippen molar-refractivity contribution in [1.29, 1.82) is 0 Å². The molecule has 1 amide bonds. The zero-order valence-corrected chi connectivity index (χ0v) is 13.3. The second-order valence-corrected chi connectivity index (χ2v) is 5.76. The maximum absolute atomic E-state index is 12.7. The third kappa shape index (κ3) is 3.18. The molecule has 4 nitrogen and oxygen atoms in total. The Kier molecular flexibility index (Phi) is 5.27. The summed E-state index contributed by atoms with van der Waals surface area (Å²) in [6, 6.07) is 11.7. The van der Waals surface area contributed by atoms with Gasteiger partial charge in [-0.05, 0) is 48.2 Å². The average molecular weight is 320 g/mol. The first kappa shape index (κ1) is 16.6. The maximum Gasteiger partial charge on any atom is 0.255 e. The molecule has 1 aliphatic rings. The number of anilines is 1. The summed E-state index contributed by atoms with van der Waals surface area (Å²) in [4.78, 5) is 14.6. The van der Waals surface area contributed by atoms with Crippen LogP contribution in [0.2, 0.25) is 0 Å². The summed E-state index contributed by atoms with van der Waals surface area (Å²) >= 11 is 0. The Bertz CT molecular complexity index is 666. The van der Waals surface area contributed by atoms with Crippen LogP contribution in [0.15, 0.2) is 36.4 Å². The summed E-state index contributed by atoms with van der Waals surface area (Å²) in [7, 11) is 0. The number of piperidine rings is 1. The van der Waals surface area contributed by atoms with Gasteiger partial charge in [-0.2, -0.15) is 0 Å². The normalized spacial score (nSPS) is 15.6. The van der Waals surface area contributed by atoms with Crippen molar-refractivity contribution in [2.45, 2.75) is 12.8 Å². The third-order valence-corrected chi connectivity index (χ3v) is 4.38. The molecule has 0 spiro atoms. The molecule has 1 saturated heterocycles. The minimum atomic E-state index is 0. The number of nitrogens with two attached hydrogens (primary N) is 2. The minimum Gasteiger partial charge on any atom is -0.398 e. The van der Waals surface area contributed by atoms with E-state index in [1.54, 1.807) is 0 Å². The molecule has 2 aromatic rings. The topological polar surface area (TPSA) is 72.3 Å². The van der Waals surface area contributed by atoms with Gasteiger partial charge in [-0.3, -0.25) is 4.79 Å². The van der Waals surface area contributed by atoms with E-state index in [9.17, 15) is 4.79 Å². The van der Waals surface area contributed by atoms with Crippen LogP contribution >= 0.6 is 12.4 Å². The Hall–Kier alpha value is -1.78. The average Bonchev–Trinajstić information content (AvgIpc) is 2.53. The molecule has 2 aromatic carbocycles. The summed E-state index contributed by atoms with van der Waals surface area (Å²) in [5, 5.41) is 2.11. The highest BCUT2D eigenvalue weighted by Crippen LogP contribution is 2.25. The Labute approximate surface area is 136 Å². The summed E-state index contributed by atoms with van der Waals surface area (Å²) in [5.41, 5.74) is 12.9. The predicted molar refractivity (Wildman–Crippen MR) is 93.3 cm³/mol. The molecule has 1 fully saturated rings. The van der Waals surface area contributed by atoms with E-state index in [4.69, 9.17) is 11.5 Å². The first-order valence-electron chi connectivity index (χ1n) is 7.46. The predicted octanol–water partition coefficient (Wildman–Crippen LogP) is 2.65. The standard InChI is InChI=1S/C17H21N3O.ClH/c18-11-12-5-7-20(8-6-12)17(21)15-9-13-3-1-2-4-14(13)10-16(15)19;/h1-4,9-10,12H,5-8,11,18-19H2;1H. The van der Waals surface area contributed by atoms with Crippen LogP contribution in [0.4, 0.5) is 5.69 Å². The molecule has 0 bridgehead atoms. The van der Waals surface area contributed by atoms with Crippen LogP contribution in [0.1, 0.15) is 23.2 Å². The number of nitrogens with zero attached hydrogens (tertiary/aromatic N) is 1. The van der Waals surface area contributed by atoms with E-state index < -0.39 is 0 Å². The van der Waals surface area contributed by atoms with E-state index >= 15 is 0 Å². The Morgan fingerprint density at radius 1 is 1.14 bits per heavy atom. The summed E-state index contributed by atoms with van der Waals surface area (Å²) in [5.74, 6) is 0.580. The summed E-state index contributed by atoms with van der Waals surface area (Å²) in [6.45, 7) is 2.25. The van der Waals surface area contributed by atoms with Crippen LogP contribution in [0, 0.1) is 5.92 Å². The zero-order chi connectivity index (χ0) is 14.8. The monoisotopic (exact) mass is 319 g/mol. The van der Waals surface area contributed by atoms with Crippen LogP contribution in [0.25, 0.3) is 10.8 Å². The molecule has 0 aliphatic carbocycles. The van der Waals surface area contributed by atoms with Crippen LogP contribution in [-0.2, 0) is 0 Å². The molecule has 3 rings (SSSR count). The lowest BCUT2D eigenvalue weighted by atomic mass is 9.96. The van der Waals surface area contributed by atoms with Crippen molar-refractivity contribution in [3.63, 3.8) is 0 Å². The van der Waals surface area contributed by atoms with Gasteiger partial charge in [0.25, 0.3) is 5.91 Å². The fourth-order valence-electron chi connectivity index (χ4n) is 2.99. The molecule has 0 unspecified atom stereocenters. The second kappa shape index (κ2) is 6.99. The summed E-state index contributed by atoms with van der Waals surface area (Å²) < 4.78 is 0. The number of nitrogen functional groups attached to an aromatic ring is 1. The van der Waals surface area contributed by atoms with Crippen molar-refractivity contribution in [2.75, 3.05) is 25.4 Å². The lowest BCUT2D eigenvalue weighted by Gasteiger charge is -2.31. The van der Waals surface area contributed by atoms with Gasteiger partial charge < -0.3 is 16.4 Å². The van der Waals surface area contributed by atoms with Crippen molar-refractivity contribution in [3.8, 4) is 0 Å². The van der Waals surface area contributed by atoms with Gasteiger partial charge in [-0.25, -0.2) is 0 Å². The van der Waals surface area contributed by atoms with Gasteiger partial charge in [0.2, 0.25) is 0 Å². The number of hydrogen-bond acceptors (Lipinski definition) is 3. The molecule has 1 heterocycles. The van der Waals surface area contributed by atoms with Crippen molar-refractivity contribution in [2.24, 2.45) is 11.7 Å². The second-order valence-electron chi connectivity index (χ2n) is 5.76. The molecule has 5 heteroatoms. The molecular weight excluding hydrogens is 298 g/mol. The third-order valence-electron chi connectivity index (χ3n) is 4.38. The maximum atomic E-state index is 12.7. The van der Waals surface area contributed by atoms with E-state index in [2.05, 4.69) is 0 Å². The number of rotatable bonds is 2. The lowest BCUT2D eigenvalue weighted by molar-refractivity contribution is 0.0694. The van der Waals surface area contributed by atoms with Crippen molar-refractivity contribution in [1.82, 2.24) is 4.90 Å². The SMILES string of the molecule is Cl.NCC1CCN(C(=O)c2cc3ccccc3cc2N)CC1. The molecule has 0 aromatic heterocycles. The van der Waals surface area contributed by atoms with Crippen LogP contribution < -0.4 is 11.5 Å². The summed E-state index contributed by atoms with van der Waals surface area (Å²) in [6.07, 6.45) is 1.96. The number of fused-ring (bicyclic) bond motifs is 1. The molecule has 22 heavy (non-hydrogen) atoms. The molecule has 4 N–H and O–H groups in total. The number of likely N-dealkylation sites (tertiary alicyclic amines) is 1. The lowest BCUT2D eigenvalue weighted by Crippen LogP contribution is -2.40. The molecule has 0 radical (unpaired) electrons. The first-order valence-corrected chi connectivity index (χ1v) is 7.46. The van der Waals surface area contributed by atoms with Crippen LogP contribution in [0.5, 0.6) is 0 Å². The van der Waals surface area contributed by atoms with Gasteiger partial charge in [-0.1, -0.05) is 24.3 Å². The fourth-order valence-corrected chi connectivity index (χ4v) is 2.99. The number of carbonyl (C=O) groups excluding carboxylic acids is 1. The number of halogens is 1. The van der Waals surface area contributed by atoms with Crippen molar-refractivity contribution < 1.29 is 4.79 Å². The Balaban J connectivity index is 0.00000176. The van der Waals surface area contributed by atoms with Crippen molar-refractivity contribution >= 4 is 34.8 Å². The van der Waals surface area contributed by atoms with Gasteiger partial charge in [-0.15, -0.1) is 12.4 Å². The van der Waals surface area contributed by atoms with Crippen molar-refractivity contribution in [3.05, 3.63) is 42.0 Å². The molecule has 118 valence electrons. The van der Waals surface area contributed by atoms with E-state index in [0.29, 0.717) is 23.7 Å². The number of carbonyl (C=O) groups is 1. The van der Waals surface area contributed by atoms with E-state index in [1.165, 1.54) is 0 Å². The number of benzene rings is 2. The van der Waals surface area contributed by atoms with Gasteiger partial charge in [0.05, 0.1) is 5.56 Å².